The molecule has 0 saturated carbocycles. The number of likely N-dealkylation sites (N-methyl/N-ethyl adjacent to an activating group) is 1. The normalized spacial score (nSPS) is 10.6. The lowest BCUT2D eigenvalue weighted by molar-refractivity contribution is -0.132. The van der Waals surface area contributed by atoms with E-state index in [1.807, 2.05) is 30.5 Å². The lowest BCUT2D eigenvalue weighted by atomic mass is 10.1. The van der Waals surface area contributed by atoms with Gasteiger partial charge in [-0.1, -0.05) is 28.9 Å². The molecule has 27 heavy (non-hydrogen) atoms. The van der Waals surface area contributed by atoms with E-state index in [9.17, 15) is 9.59 Å². The molecule has 2 aromatic heterocycles. The molecule has 2 amide bonds. The first-order valence-corrected chi connectivity index (χ1v) is 9.27. The van der Waals surface area contributed by atoms with Crippen molar-refractivity contribution >= 4 is 29.0 Å². The molecule has 0 aliphatic carbocycles. The Hall–Kier alpha value is -3.00. The van der Waals surface area contributed by atoms with Gasteiger partial charge >= 0.3 is 0 Å². The Morgan fingerprint density at radius 2 is 2.07 bits per heavy atom. The maximum atomic E-state index is 12.4. The number of carbonyl (C=O) groups excluding carboxylic acids is 2. The quantitative estimate of drug-likeness (QED) is 0.706. The fourth-order valence-electron chi connectivity index (χ4n) is 2.50. The summed E-state index contributed by atoms with van der Waals surface area (Å²) in [5.41, 5.74) is 2.89. The van der Waals surface area contributed by atoms with E-state index in [4.69, 9.17) is 4.52 Å². The van der Waals surface area contributed by atoms with Crippen molar-refractivity contribution in [3.05, 3.63) is 52.7 Å². The molecule has 0 radical (unpaired) electrons. The molecule has 0 spiro atoms. The molecule has 140 valence electrons. The van der Waals surface area contributed by atoms with Crippen LogP contribution in [-0.2, 0) is 16.0 Å². The zero-order chi connectivity index (χ0) is 19.4. The fourth-order valence-corrected chi connectivity index (χ4v) is 3.32. The van der Waals surface area contributed by atoms with E-state index in [2.05, 4.69) is 21.5 Å². The van der Waals surface area contributed by atoms with Gasteiger partial charge in [-0.05, 0) is 19.9 Å². The number of benzene rings is 1. The molecule has 1 N–H and O–H groups in total. The van der Waals surface area contributed by atoms with Crippen LogP contribution >= 0.6 is 11.3 Å². The van der Waals surface area contributed by atoms with Crippen molar-refractivity contribution in [1.82, 2.24) is 15.0 Å². The van der Waals surface area contributed by atoms with Crippen LogP contribution in [0.2, 0.25) is 0 Å². The third-order valence-electron chi connectivity index (χ3n) is 3.85. The molecule has 0 saturated heterocycles. The Bertz CT molecular complexity index is 963. The van der Waals surface area contributed by atoms with Gasteiger partial charge < -0.3 is 14.7 Å². The summed E-state index contributed by atoms with van der Waals surface area (Å²) in [6.07, 6.45) is 0.148. The zero-order valence-corrected chi connectivity index (χ0v) is 16.2. The molecule has 0 aliphatic heterocycles. The van der Waals surface area contributed by atoms with Gasteiger partial charge in [-0.3, -0.25) is 9.59 Å². The summed E-state index contributed by atoms with van der Waals surface area (Å²) in [5.74, 6) is 0.420. The number of rotatable bonds is 6. The molecule has 0 unspecified atom stereocenters. The van der Waals surface area contributed by atoms with Crippen LogP contribution in [-0.4, -0.2) is 40.4 Å². The number of hydrogen-bond donors (Lipinski definition) is 1. The molecule has 8 heteroatoms. The van der Waals surface area contributed by atoms with Gasteiger partial charge in [-0.2, -0.15) is 0 Å². The molecule has 0 aliphatic rings. The molecule has 0 fully saturated rings. The van der Waals surface area contributed by atoms with E-state index in [1.54, 1.807) is 20.0 Å². The van der Waals surface area contributed by atoms with Crippen LogP contribution in [0.15, 0.2) is 40.2 Å². The third kappa shape index (κ3) is 5.01. The summed E-state index contributed by atoms with van der Waals surface area (Å²) >= 11 is 1.50. The number of aryl methyl sites for hydroxylation is 2. The Balaban J connectivity index is 1.56. The van der Waals surface area contributed by atoms with Crippen LogP contribution in [0.1, 0.15) is 17.0 Å². The van der Waals surface area contributed by atoms with Crippen molar-refractivity contribution in [1.29, 1.82) is 0 Å². The predicted octanol–water partition coefficient (Wildman–Crippen LogP) is 3.05. The molecule has 3 rings (SSSR count). The number of aromatic nitrogens is 2. The molecule has 2 heterocycles. The van der Waals surface area contributed by atoms with Crippen molar-refractivity contribution in [3.8, 4) is 10.6 Å². The van der Waals surface area contributed by atoms with Crippen molar-refractivity contribution in [3.63, 3.8) is 0 Å². The first kappa shape index (κ1) is 18.8. The average molecular weight is 384 g/mol. The predicted molar refractivity (Wildman–Crippen MR) is 103 cm³/mol. The summed E-state index contributed by atoms with van der Waals surface area (Å²) < 4.78 is 4.89. The Morgan fingerprint density at radius 3 is 2.78 bits per heavy atom. The maximum absolute atomic E-state index is 12.4. The summed E-state index contributed by atoms with van der Waals surface area (Å²) in [6, 6.07) is 9.69. The highest BCUT2D eigenvalue weighted by Gasteiger charge is 2.16. The van der Waals surface area contributed by atoms with Crippen molar-refractivity contribution in [2.24, 2.45) is 0 Å². The first-order chi connectivity index (χ1) is 12.9. The number of amides is 2. The highest BCUT2D eigenvalue weighted by molar-refractivity contribution is 7.13. The van der Waals surface area contributed by atoms with E-state index in [-0.39, 0.29) is 24.8 Å². The van der Waals surface area contributed by atoms with Gasteiger partial charge in [0.2, 0.25) is 11.8 Å². The second-order valence-corrected chi connectivity index (χ2v) is 7.17. The van der Waals surface area contributed by atoms with Crippen LogP contribution in [0.25, 0.3) is 10.6 Å². The van der Waals surface area contributed by atoms with Gasteiger partial charge in [0, 0.05) is 24.1 Å². The largest absolute Gasteiger partial charge is 0.360 e. The molecule has 7 nitrogen and oxygen atoms in total. The number of hydrogen-bond acceptors (Lipinski definition) is 6. The van der Waals surface area contributed by atoms with E-state index in [0.717, 1.165) is 16.1 Å². The summed E-state index contributed by atoms with van der Waals surface area (Å²) in [6.45, 7) is 3.69. The lowest BCUT2D eigenvalue weighted by Crippen LogP contribution is -2.35. The number of anilines is 1. The van der Waals surface area contributed by atoms with Crippen LogP contribution < -0.4 is 5.32 Å². The second kappa shape index (κ2) is 8.13. The maximum Gasteiger partial charge on any atom is 0.245 e. The Morgan fingerprint density at radius 1 is 1.26 bits per heavy atom. The van der Waals surface area contributed by atoms with E-state index in [1.165, 1.54) is 16.2 Å². The van der Waals surface area contributed by atoms with E-state index < -0.39 is 0 Å². The third-order valence-corrected chi connectivity index (χ3v) is 4.79. The fraction of sp³-hybridized carbons (Fsp3) is 0.263. The smallest absolute Gasteiger partial charge is 0.245 e. The van der Waals surface area contributed by atoms with Crippen molar-refractivity contribution in [2.75, 3.05) is 18.9 Å². The number of thiazole rings is 1. The second-order valence-electron chi connectivity index (χ2n) is 6.31. The van der Waals surface area contributed by atoms with E-state index >= 15 is 0 Å². The summed E-state index contributed by atoms with van der Waals surface area (Å²) in [5, 5.41) is 9.04. The van der Waals surface area contributed by atoms with Crippen LogP contribution in [0.3, 0.4) is 0 Å². The Labute approximate surface area is 161 Å². The highest BCUT2D eigenvalue weighted by Crippen LogP contribution is 2.24. The SMILES string of the molecule is Cc1cccc(-c2nc(CC(=O)N(C)CC(=O)Nc3cc(C)on3)cs2)c1. The van der Waals surface area contributed by atoms with Gasteiger partial charge in [-0.15, -0.1) is 11.3 Å². The van der Waals surface area contributed by atoms with E-state index in [0.29, 0.717) is 17.3 Å². The van der Waals surface area contributed by atoms with Crippen molar-refractivity contribution < 1.29 is 14.1 Å². The van der Waals surface area contributed by atoms with Crippen LogP contribution in [0.4, 0.5) is 5.82 Å². The zero-order valence-electron chi connectivity index (χ0n) is 15.4. The molecule has 3 aromatic rings. The molecule has 0 bridgehead atoms. The van der Waals surface area contributed by atoms with Gasteiger partial charge in [0.05, 0.1) is 18.7 Å². The molecular weight excluding hydrogens is 364 g/mol. The summed E-state index contributed by atoms with van der Waals surface area (Å²) in [4.78, 5) is 30.3. The number of nitrogens with zero attached hydrogens (tertiary/aromatic N) is 3. The van der Waals surface area contributed by atoms with Gasteiger partial charge in [0.25, 0.3) is 0 Å². The molecule has 1 aromatic carbocycles. The van der Waals surface area contributed by atoms with Gasteiger partial charge in [0.15, 0.2) is 5.82 Å². The minimum absolute atomic E-state index is 0.0698. The van der Waals surface area contributed by atoms with Crippen molar-refractivity contribution in [2.45, 2.75) is 20.3 Å². The Kier molecular flexibility index (Phi) is 5.66. The molecule has 0 atom stereocenters. The van der Waals surface area contributed by atoms with Gasteiger partial charge in [-0.25, -0.2) is 4.98 Å². The lowest BCUT2D eigenvalue weighted by Gasteiger charge is -2.15. The minimum atomic E-state index is -0.335. The highest BCUT2D eigenvalue weighted by atomic mass is 32.1. The number of nitrogens with one attached hydrogen (secondary N) is 1. The summed E-state index contributed by atoms with van der Waals surface area (Å²) in [7, 11) is 1.59. The average Bonchev–Trinajstić information content (AvgIpc) is 3.24. The standard InChI is InChI=1S/C19H20N4O3S/c1-12-5-4-6-14(7-12)19-20-15(11-27-19)9-18(25)23(3)10-17(24)21-16-8-13(2)26-22-16/h4-8,11H,9-10H2,1-3H3,(H,21,22,24). The minimum Gasteiger partial charge on any atom is -0.360 e. The number of carbonyl (C=O) groups is 2. The monoisotopic (exact) mass is 384 g/mol. The molecular formula is C19H20N4O3S. The van der Waals surface area contributed by atoms with Crippen LogP contribution in [0.5, 0.6) is 0 Å². The van der Waals surface area contributed by atoms with Gasteiger partial charge in [0.1, 0.15) is 10.8 Å². The first-order valence-electron chi connectivity index (χ1n) is 8.39. The van der Waals surface area contributed by atoms with Crippen LogP contribution in [0, 0.1) is 13.8 Å². The topological polar surface area (TPSA) is 88.3 Å².